The first-order valence-electron chi connectivity index (χ1n) is 7.00. The standard InChI is InChI=1S/C16H25NO2/c1-13(11-12-17)3-7-15(18)8-4-14-5-9-16(19-2)10-6-14/h5-6,9-10,13H,3-4,7-8,11-12,17H2,1-2H3. The Hall–Kier alpha value is -1.35. The number of ether oxygens (including phenoxy) is 1. The van der Waals surface area contributed by atoms with Crippen LogP contribution in [-0.4, -0.2) is 19.4 Å². The molecular formula is C16H25NO2. The van der Waals surface area contributed by atoms with E-state index in [0.717, 1.165) is 25.0 Å². The van der Waals surface area contributed by atoms with Crippen LogP contribution >= 0.6 is 0 Å². The van der Waals surface area contributed by atoms with Crippen LogP contribution < -0.4 is 10.5 Å². The summed E-state index contributed by atoms with van der Waals surface area (Å²) in [4.78, 5) is 11.8. The van der Waals surface area contributed by atoms with Crippen LogP contribution in [0.15, 0.2) is 24.3 Å². The van der Waals surface area contributed by atoms with Crippen LogP contribution in [0.3, 0.4) is 0 Å². The van der Waals surface area contributed by atoms with Gasteiger partial charge >= 0.3 is 0 Å². The molecule has 1 aromatic carbocycles. The van der Waals surface area contributed by atoms with E-state index >= 15 is 0 Å². The van der Waals surface area contributed by atoms with Crippen LogP contribution in [0.25, 0.3) is 0 Å². The summed E-state index contributed by atoms with van der Waals surface area (Å²) in [6.45, 7) is 2.87. The molecule has 0 fully saturated rings. The van der Waals surface area contributed by atoms with Gasteiger partial charge in [0, 0.05) is 12.8 Å². The molecule has 0 bridgehead atoms. The van der Waals surface area contributed by atoms with E-state index in [1.165, 1.54) is 5.56 Å². The van der Waals surface area contributed by atoms with Crippen LogP contribution in [0.2, 0.25) is 0 Å². The Kier molecular flexibility index (Phi) is 7.19. The summed E-state index contributed by atoms with van der Waals surface area (Å²) in [6, 6.07) is 7.90. The molecule has 19 heavy (non-hydrogen) atoms. The molecule has 0 saturated carbocycles. The zero-order valence-electron chi connectivity index (χ0n) is 12.0. The van der Waals surface area contributed by atoms with Crippen LogP contribution in [-0.2, 0) is 11.2 Å². The summed E-state index contributed by atoms with van der Waals surface area (Å²) in [5.74, 6) is 1.75. The lowest BCUT2D eigenvalue weighted by atomic mass is 9.98. The van der Waals surface area contributed by atoms with Crippen LogP contribution in [0.1, 0.15) is 38.2 Å². The summed E-state index contributed by atoms with van der Waals surface area (Å²) in [6.07, 6.45) is 4.08. The molecule has 0 aliphatic heterocycles. The van der Waals surface area contributed by atoms with E-state index in [9.17, 15) is 4.79 Å². The lowest BCUT2D eigenvalue weighted by molar-refractivity contribution is -0.119. The number of rotatable bonds is 9. The highest BCUT2D eigenvalue weighted by Crippen LogP contribution is 2.14. The van der Waals surface area contributed by atoms with E-state index in [1.54, 1.807) is 7.11 Å². The Morgan fingerprint density at radius 3 is 2.47 bits per heavy atom. The van der Waals surface area contributed by atoms with Crippen LogP contribution in [0.5, 0.6) is 5.75 Å². The molecular weight excluding hydrogens is 238 g/mol. The minimum absolute atomic E-state index is 0.347. The monoisotopic (exact) mass is 263 g/mol. The maximum atomic E-state index is 11.8. The topological polar surface area (TPSA) is 52.3 Å². The number of carbonyl (C=O) groups is 1. The molecule has 3 nitrogen and oxygen atoms in total. The molecule has 1 unspecified atom stereocenters. The number of hydrogen-bond donors (Lipinski definition) is 1. The van der Waals surface area contributed by atoms with E-state index in [2.05, 4.69) is 6.92 Å². The predicted molar refractivity (Wildman–Crippen MR) is 78.4 cm³/mol. The first-order chi connectivity index (χ1) is 9.15. The third kappa shape index (κ3) is 6.39. The lowest BCUT2D eigenvalue weighted by Gasteiger charge is -2.08. The van der Waals surface area contributed by atoms with Crippen molar-refractivity contribution in [2.24, 2.45) is 11.7 Å². The zero-order chi connectivity index (χ0) is 14.1. The van der Waals surface area contributed by atoms with Gasteiger partial charge in [0.25, 0.3) is 0 Å². The number of ketones is 1. The number of methoxy groups -OCH3 is 1. The number of aryl methyl sites for hydroxylation is 1. The molecule has 106 valence electrons. The summed E-state index contributed by atoms with van der Waals surface area (Å²) in [5.41, 5.74) is 6.68. The average molecular weight is 263 g/mol. The van der Waals surface area contributed by atoms with Gasteiger partial charge in [0.2, 0.25) is 0 Å². The minimum atomic E-state index is 0.347. The predicted octanol–water partition coefficient (Wildman–Crippen LogP) is 2.96. The van der Waals surface area contributed by atoms with E-state index in [-0.39, 0.29) is 0 Å². The van der Waals surface area contributed by atoms with Crippen LogP contribution in [0, 0.1) is 5.92 Å². The van der Waals surface area contributed by atoms with Crippen molar-refractivity contribution in [1.29, 1.82) is 0 Å². The molecule has 2 N–H and O–H groups in total. The van der Waals surface area contributed by atoms with Crippen molar-refractivity contribution in [2.75, 3.05) is 13.7 Å². The van der Waals surface area contributed by atoms with Crippen molar-refractivity contribution in [3.63, 3.8) is 0 Å². The summed E-state index contributed by atoms with van der Waals surface area (Å²) < 4.78 is 5.11. The fourth-order valence-electron chi connectivity index (χ4n) is 2.04. The van der Waals surface area contributed by atoms with Crippen molar-refractivity contribution in [2.45, 2.75) is 39.0 Å². The summed E-state index contributed by atoms with van der Waals surface area (Å²) >= 11 is 0. The highest BCUT2D eigenvalue weighted by atomic mass is 16.5. The highest BCUT2D eigenvalue weighted by molar-refractivity contribution is 5.78. The molecule has 0 amide bonds. The number of benzene rings is 1. The SMILES string of the molecule is COc1ccc(CCC(=O)CCC(C)CCN)cc1. The van der Waals surface area contributed by atoms with E-state index < -0.39 is 0 Å². The molecule has 3 heteroatoms. The first-order valence-corrected chi connectivity index (χ1v) is 7.00. The fraction of sp³-hybridized carbons (Fsp3) is 0.562. The molecule has 0 aliphatic rings. The van der Waals surface area contributed by atoms with Gasteiger partial charge in [-0.25, -0.2) is 0 Å². The molecule has 1 aromatic rings. The Balaban J connectivity index is 2.25. The van der Waals surface area contributed by atoms with Crippen molar-refractivity contribution in [3.05, 3.63) is 29.8 Å². The van der Waals surface area contributed by atoms with E-state index in [0.29, 0.717) is 31.1 Å². The molecule has 0 radical (unpaired) electrons. The molecule has 0 aromatic heterocycles. The molecule has 0 saturated heterocycles. The van der Waals surface area contributed by atoms with Crippen molar-refractivity contribution in [3.8, 4) is 5.75 Å². The first kappa shape index (κ1) is 15.7. The Labute approximate surface area is 116 Å². The molecule has 0 aliphatic carbocycles. The largest absolute Gasteiger partial charge is 0.497 e. The number of nitrogens with two attached hydrogens (primary N) is 1. The third-order valence-corrected chi connectivity index (χ3v) is 3.43. The number of hydrogen-bond acceptors (Lipinski definition) is 3. The Bertz CT molecular complexity index is 373. The van der Waals surface area contributed by atoms with Gasteiger partial charge in [-0.2, -0.15) is 0 Å². The third-order valence-electron chi connectivity index (χ3n) is 3.43. The normalized spacial score (nSPS) is 12.2. The summed E-state index contributed by atoms with van der Waals surface area (Å²) in [7, 11) is 1.65. The Morgan fingerprint density at radius 2 is 1.89 bits per heavy atom. The van der Waals surface area contributed by atoms with Crippen molar-refractivity contribution < 1.29 is 9.53 Å². The van der Waals surface area contributed by atoms with Crippen molar-refractivity contribution in [1.82, 2.24) is 0 Å². The van der Waals surface area contributed by atoms with Gasteiger partial charge in [-0.1, -0.05) is 19.1 Å². The molecule has 1 atom stereocenters. The van der Waals surface area contributed by atoms with E-state index in [4.69, 9.17) is 10.5 Å². The van der Waals surface area contributed by atoms with Gasteiger partial charge in [-0.3, -0.25) is 4.79 Å². The molecule has 0 heterocycles. The quantitative estimate of drug-likeness (QED) is 0.745. The minimum Gasteiger partial charge on any atom is -0.497 e. The number of Topliss-reactive ketones (excluding diaryl/α,β-unsaturated/α-hetero) is 1. The van der Waals surface area contributed by atoms with E-state index in [1.807, 2.05) is 24.3 Å². The van der Waals surface area contributed by atoms with Gasteiger partial charge in [-0.15, -0.1) is 0 Å². The smallest absolute Gasteiger partial charge is 0.133 e. The maximum Gasteiger partial charge on any atom is 0.133 e. The zero-order valence-corrected chi connectivity index (χ0v) is 12.0. The fourth-order valence-corrected chi connectivity index (χ4v) is 2.04. The van der Waals surface area contributed by atoms with Gasteiger partial charge in [0.05, 0.1) is 7.11 Å². The summed E-state index contributed by atoms with van der Waals surface area (Å²) in [5, 5.41) is 0. The second-order valence-corrected chi connectivity index (χ2v) is 5.11. The molecule has 0 spiro atoms. The highest BCUT2D eigenvalue weighted by Gasteiger charge is 2.07. The van der Waals surface area contributed by atoms with Gasteiger partial charge < -0.3 is 10.5 Å². The van der Waals surface area contributed by atoms with Gasteiger partial charge in [0.15, 0.2) is 0 Å². The number of carbonyl (C=O) groups excluding carboxylic acids is 1. The van der Waals surface area contributed by atoms with Gasteiger partial charge in [0.1, 0.15) is 11.5 Å². The molecule has 1 rings (SSSR count). The average Bonchev–Trinajstić information content (AvgIpc) is 2.44. The van der Waals surface area contributed by atoms with Gasteiger partial charge in [-0.05, 0) is 49.4 Å². The Morgan fingerprint density at radius 1 is 1.21 bits per heavy atom. The van der Waals surface area contributed by atoms with Crippen LogP contribution in [0.4, 0.5) is 0 Å². The van der Waals surface area contributed by atoms with Crippen molar-refractivity contribution >= 4 is 5.78 Å². The second kappa shape index (κ2) is 8.70. The lowest BCUT2D eigenvalue weighted by Crippen LogP contribution is -2.08. The maximum absolute atomic E-state index is 11.8. The second-order valence-electron chi connectivity index (χ2n) is 5.11.